The molecule has 0 radical (unpaired) electrons. The van der Waals surface area contributed by atoms with E-state index < -0.39 is 5.54 Å². The lowest BCUT2D eigenvalue weighted by atomic mass is 9.90. The highest BCUT2D eigenvalue weighted by molar-refractivity contribution is 6.02. The predicted molar refractivity (Wildman–Crippen MR) is 130 cm³/mol. The predicted octanol–water partition coefficient (Wildman–Crippen LogP) is 3.56. The maximum atomic E-state index is 13.3. The van der Waals surface area contributed by atoms with Gasteiger partial charge in [0, 0.05) is 24.9 Å². The van der Waals surface area contributed by atoms with E-state index in [0.29, 0.717) is 11.6 Å². The van der Waals surface area contributed by atoms with Crippen LogP contribution < -0.4 is 10.6 Å². The van der Waals surface area contributed by atoms with Gasteiger partial charge in [0.05, 0.1) is 6.54 Å². The number of fused-ring (bicyclic) bond motifs is 1. The third-order valence-corrected chi connectivity index (χ3v) is 7.75. The first-order chi connectivity index (χ1) is 16.2. The number of carbonyl (C=O) groups is 3. The van der Waals surface area contributed by atoms with Crippen LogP contribution in [0.3, 0.4) is 0 Å². The number of rotatable bonds is 5. The third-order valence-electron chi connectivity index (χ3n) is 7.75. The van der Waals surface area contributed by atoms with E-state index in [4.69, 9.17) is 0 Å². The van der Waals surface area contributed by atoms with Crippen molar-refractivity contribution in [2.24, 2.45) is 5.92 Å². The molecule has 1 saturated carbocycles. The van der Waals surface area contributed by atoms with Crippen molar-refractivity contribution in [1.82, 2.24) is 25.3 Å². The largest absolute Gasteiger partial charge is 0.351 e. The summed E-state index contributed by atoms with van der Waals surface area (Å²) in [5.74, 6) is -0.434. The molecule has 0 saturated heterocycles. The summed E-state index contributed by atoms with van der Waals surface area (Å²) < 4.78 is 1.51. The molecule has 4 rings (SSSR count). The summed E-state index contributed by atoms with van der Waals surface area (Å²) in [7, 11) is 1.65. The summed E-state index contributed by atoms with van der Waals surface area (Å²) in [4.78, 5) is 40.9. The van der Waals surface area contributed by atoms with E-state index in [1.165, 1.54) is 34.1 Å². The molecule has 2 aliphatic carbocycles. The molecule has 2 unspecified atom stereocenters. The van der Waals surface area contributed by atoms with Gasteiger partial charge in [-0.1, -0.05) is 51.2 Å². The summed E-state index contributed by atoms with van der Waals surface area (Å²) in [5.41, 5.74) is 1.65. The van der Waals surface area contributed by atoms with Crippen LogP contribution in [0.1, 0.15) is 93.1 Å². The van der Waals surface area contributed by atoms with Crippen molar-refractivity contribution in [2.45, 2.75) is 90.3 Å². The van der Waals surface area contributed by atoms with Crippen LogP contribution in [0.4, 0.5) is 0 Å². The zero-order valence-corrected chi connectivity index (χ0v) is 20.8. The summed E-state index contributed by atoms with van der Waals surface area (Å²) in [5, 5.41) is 10.6. The van der Waals surface area contributed by atoms with Gasteiger partial charge in [-0.2, -0.15) is 5.10 Å². The maximum absolute atomic E-state index is 13.3. The van der Waals surface area contributed by atoms with E-state index in [1.807, 2.05) is 6.08 Å². The van der Waals surface area contributed by atoms with Crippen molar-refractivity contribution < 1.29 is 14.4 Å². The third kappa shape index (κ3) is 4.68. The Kier molecular flexibility index (Phi) is 6.96. The summed E-state index contributed by atoms with van der Waals surface area (Å²) in [6.45, 7) is 6.26. The van der Waals surface area contributed by atoms with Gasteiger partial charge in [-0.3, -0.25) is 19.1 Å². The topological polar surface area (TPSA) is 96.3 Å². The number of nitrogens with zero attached hydrogens (tertiary/aromatic N) is 3. The first-order valence-corrected chi connectivity index (χ1v) is 12.6. The van der Waals surface area contributed by atoms with Crippen molar-refractivity contribution in [3.63, 3.8) is 0 Å². The lowest BCUT2D eigenvalue weighted by Crippen LogP contribution is -2.63. The lowest BCUT2D eigenvalue weighted by molar-refractivity contribution is -0.133. The van der Waals surface area contributed by atoms with Crippen molar-refractivity contribution in [1.29, 1.82) is 0 Å². The summed E-state index contributed by atoms with van der Waals surface area (Å²) >= 11 is 0. The zero-order chi connectivity index (χ0) is 24.5. The van der Waals surface area contributed by atoms with Gasteiger partial charge in [0.25, 0.3) is 11.8 Å². The van der Waals surface area contributed by atoms with Crippen LogP contribution >= 0.6 is 0 Å². The second-order valence-electron chi connectivity index (χ2n) is 10.2. The molecular weight excluding hydrogens is 430 g/mol. The SMILES string of the molecule is CCC1=CC=C(NC(=O)c2cc3n(n2)CC(C)(C(=O)NC2CCCCCC2)N(C)C3=O)CC1C. The Bertz CT molecular complexity index is 1030. The van der Waals surface area contributed by atoms with Crippen LogP contribution in [-0.4, -0.2) is 51.0 Å². The monoisotopic (exact) mass is 467 g/mol. The highest BCUT2D eigenvalue weighted by Crippen LogP contribution is 2.28. The molecule has 1 aromatic rings. The van der Waals surface area contributed by atoms with Gasteiger partial charge in [-0.05, 0) is 44.6 Å². The zero-order valence-electron chi connectivity index (χ0n) is 20.8. The number of amides is 3. The quantitative estimate of drug-likeness (QED) is 0.647. The molecule has 3 amide bonds. The van der Waals surface area contributed by atoms with Crippen LogP contribution in [0.5, 0.6) is 0 Å². The van der Waals surface area contributed by atoms with Crippen LogP contribution in [0.2, 0.25) is 0 Å². The molecule has 34 heavy (non-hydrogen) atoms. The van der Waals surface area contributed by atoms with Gasteiger partial charge in [0.15, 0.2) is 5.69 Å². The van der Waals surface area contributed by atoms with Gasteiger partial charge in [0.1, 0.15) is 11.2 Å². The maximum Gasteiger partial charge on any atom is 0.275 e. The second kappa shape index (κ2) is 9.76. The highest BCUT2D eigenvalue weighted by atomic mass is 16.2. The smallest absolute Gasteiger partial charge is 0.275 e. The van der Waals surface area contributed by atoms with E-state index in [0.717, 1.165) is 44.2 Å². The minimum absolute atomic E-state index is 0.143. The Morgan fingerprint density at radius 1 is 1.18 bits per heavy atom. The standard InChI is InChI=1S/C26H37N5O3/c1-5-18-12-13-20(14-17(18)2)27-23(32)21-15-22-24(33)30(4)26(3,16-31(22)29-21)25(34)28-19-10-8-6-7-9-11-19/h12-13,15,17,19H,5-11,14,16H2,1-4H3,(H,27,32)(H,28,34). The first-order valence-electron chi connectivity index (χ1n) is 12.6. The number of nitrogens with one attached hydrogen (secondary N) is 2. The van der Waals surface area contributed by atoms with E-state index in [1.54, 1.807) is 14.0 Å². The molecule has 0 spiro atoms. The molecule has 0 aromatic carbocycles. The summed E-state index contributed by atoms with van der Waals surface area (Å²) in [6.07, 6.45) is 12.4. The van der Waals surface area contributed by atoms with Crippen LogP contribution in [0, 0.1) is 5.92 Å². The Morgan fingerprint density at radius 3 is 2.53 bits per heavy atom. The molecule has 2 heterocycles. The van der Waals surface area contributed by atoms with Crippen molar-refractivity contribution >= 4 is 17.7 Å². The van der Waals surface area contributed by atoms with Gasteiger partial charge < -0.3 is 15.5 Å². The van der Waals surface area contributed by atoms with Gasteiger partial charge in [-0.15, -0.1) is 0 Å². The van der Waals surface area contributed by atoms with Crippen molar-refractivity contribution in [3.05, 3.63) is 40.9 Å². The van der Waals surface area contributed by atoms with Gasteiger partial charge in [0.2, 0.25) is 5.91 Å². The van der Waals surface area contributed by atoms with Crippen molar-refractivity contribution in [2.75, 3.05) is 7.05 Å². The molecule has 1 fully saturated rings. The minimum Gasteiger partial charge on any atom is -0.351 e. The molecular formula is C26H37N5O3. The molecule has 1 aliphatic heterocycles. The fourth-order valence-corrected chi connectivity index (χ4v) is 5.27. The Morgan fingerprint density at radius 2 is 1.88 bits per heavy atom. The number of aromatic nitrogens is 2. The molecule has 0 bridgehead atoms. The normalized spacial score (nSPS) is 25.7. The van der Waals surface area contributed by atoms with Crippen LogP contribution in [-0.2, 0) is 11.3 Å². The number of likely N-dealkylation sites (N-methyl/N-ethyl adjacent to an activating group) is 1. The molecule has 184 valence electrons. The Balaban J connectivity index is 1.49. The number of carbonyl (C=O) groups excluding carboxylic acids is 3. The van der Waals surface area contributed by atoms with Crippen molar-refractivity contribution in [3.8, 4) is 0 Å². The molecule has 2 N–H and O–H groups in total. The first kappa shape index (κ1) is 24.2. The fraction of sp³-hybridized carbons (Fsp3) is 0.615. The van der Waals surface area contributed by atoms with Gasteiger partial charge in [-0.25, -0.2) is 0 Å². The molecule has 1 aromatic heterocycles. The Hall–Kier alpha value is -2.90. The molecule has 8 nitrogen and oxygen atoms in total. The van der Waals surface area contributed by atoms with Gasteiger partial charge >= 0.3 is 0 Å². The van der Waals surface area contributed by atoms with E-state index in [2.05, 4.69) is 35.7 Å². The lowest BCUT2D eigenvalue weighted by Gasteiger charge is -2.41. The van der Waals surface area contributed by atoms with Crippen LogP contribution in [0.25, 0.3) is 0 Å². The number of allylic oxidation sites excluding steroid dienone is 4. The fourth-order valence-electron chi connectivity index (χ4n) is 5.27. The summed E-state index contributed by atoms with van der Waals surface area (Å²) in [6, 6.07) is 1.67. The molecule has 3 aliphatic rings. The number of hydrogen-bond acceptors (Lipinski definition) is 4. The average molecular weight is 468 g/mol. The Labute approximate surface area is 201 Å². The minimum atomic E-state index is -1.07. The molecule has 8 heteroatoms. The second-order valence-corrected chi connectivity index (χ2v) is 10.2. The van der Waals surface area contributed by atoms with E-state index in [-0.39, 0.29) is 36.0 Å². The van der Waals surface area contributed by atoms with Crippen LogP contribution in [0.15, 0.2) is 29.5 Å². The highest BCUT2D eigenvalue weighted by Gasteiger charge is 2.46. The van der Waals surface area contributed by atoms with E-state index in [9.17, 15) is 14.4 Å². The average Bonchev–Trinajstić information content (AvgIpc) is 3.06. The molecule has 2 atom stereocenters. The van der Waals surface area contributed by atoms with E-state index >= 15 is 0 Å². The number of hydrogen-bond donors (Lipinski definition) is 2.